The van der Waals surface area contributed by atoms with E-state index in [1.807, 2.05) is 18.2 Å². The number of hydrogen-bond donors (Lipinski definition) is 1. The van der Waals surface area contributed by atoms with E-state index in [4.69, 9.17) is 17.0 Å². The zero-order chi connectivity index (χ0) is 23.4. The lowest BCUT2D eigenvalue weighted by Crippen LogP contribution is -2.51. The van der Waals surface area contributed by atoms with Crippen molar-refractivity contribution in [3.8, 4) is 6.19 Å². The fourth-order valence-electron chi connectivity index (χ4n) is 4.58. The van der Waals surface area contributed by atoms with Gasteiger partial charge < -0.3 is 10.1 Å². The third-order valence-electron chi connectivity index (χ3n) is 6.41. The number of hydrogen-bond acceptors (Lipinski definition) is 5. The number of piperidine rings is 1. The number of anilines is 1. The Morgan fingerprint density at radius 1 is 1.36 bits per heavy atom. The number of nitriles is 1. The van der Waals surface area contributed by atoms with Gasteiger partial charge in [0.05, 0.1) is 36.9 Å². The maximum absolute atomic E-state index is 15.3. The van der Waals surface area contributed by atoms with E-state index in [9.17, 15) is 10.1 Å². The molecule has 1 aromatic carbocycles. The van der Waals surface area contributed by atoms with Crippen LogP contribution in [0.4, 0.5) is 20.6 Å². The number of rotatable bonds is 6. The molecule has 0 aliphatic carbocycles. The van der Waals surface area contributed by atoms with Gasteiger partial charge in [0.15, 0.2) is 11.5 Å². The highest BCUT2D eigenvalue weighted by Crippen LogP contribution is 2.35. The lowest BCUT2D eigenvalue weighted by molar-refractivity contribution is 0.143. The second kappa shape index (κ2) is 9.81. The van der Waals surface area contributed by atoms with Crippen LogP contribution in [0.15, 0.2) is 42.6 Å². The fraction of sp³-hybridized carbons (Fsp3) is 0.417. The van der Waals surface area contributed by atoms with Crippen molar-refractivity contribution < 1.29 is 13.9 Å². The van der Waals surface area contributed by atoms with Gasteiger partial charge in [-0.2, -0.15) is 4.48 Å². The van der Waals surface area contributed by atoms with E-state index in [-0.39, 0.29) is 10.6 Å². The van der Waals surface area contributed by atoms with Crippen molar-refractivity contribution in [3.05, 3.63) is 54.1 Å². The molecule has 2 saturated heterocycles. The predicted molar refractivity (Wildman–Crippen MR) is 128 cm³/mol. The van der Waals surface area contributed by atoms with Crippen molar-refractivity contribution in [1.29, 1.82) is 5.26 Å². The largest absolute Gasteiger partial charge is 0.442 e. The van der Waals surface area contributed by atoms with E-state index < -0.39 is 11.9 Å². The molecule has 33 heavy (non-hydrogen) atoms. The van der Waals surface area contributed by atoms with E-state index in [2.05, 4.69) is 16.5 Å². The van der Waals surface area contributed by atoms with Crippen LogP contribution in [-0.2, 0) is 11.2 Å². The Kier molecular flexibility index (Phi) is 6.86. The first-order valence-corrected chi connectivity index (χ1v) is 11.5. The summed E-state index contributed by atoms with van der Waals surface area (Å²) in [6.07, 6.45) is 5.75. The summed E-state index contributed by atoms with van der Waals surface area (Å²) in [5.74, 6) is -0.0657. The first-order chi connectivity index (χ1) is 15.9. The maximum atomic E-state index is 15.3. The topological polar surface area (TPSA) is 78.3 Å². The number of pyridine rings is 1. The molecular formula is C24H27FN5O2S+. The highest BCUT2D eigenvalue weighted by Gasteiger charge is 2.40. The number of carbonyl (C=O) groups excluding carboxylic acids is 1. The quantitative estimate of drug-likeness (QED) is 0.393. The van der Waals surface area contributed by atoms with Gasteiger partial charge in [-0.1, -0.05) is 18.3 Å². The Hall–Kier alpha value is -3.09. The lowest BCUT2D eigenvalue weighted by atomic mass is 9.90. The third-order valence-corrected chi connectivity index (χ3v) is 6.55. The molecule has 2 aliphatic heterocycles. The summed E-state index contributed by atoms with van der Waals surface area (Å²) >= 11 is 4.99. The van der Waals surface area contributed by atoms with Crippen LogP contribution >= 0.6 is 12.2 Å². The zero-order valence-corrected chi connectivity index (χ0v) is 19.4. The molecule has 0 bridgehead atoms. The van der Waals surface area contributed by atoms with Crippen LogP contribution < -0.4 is 14.7 Å². The first-order valence-electron chi connectivity index (χ1n) is 11.1. The normalized spacial score (nSPS) is 24.8. The second-order valence-electron chi connectivity index (χ2n) is 8.67. The standard InChI is InChI=1S/C24H26FN5O2S/c1-17(33)28-14-21-15-29(24(31)32-21)20-5-6-23(22(25)13-20)30(16-26)10-7-18(8-11-30)12-19-4-2-3-9-27-19/h2-6,9,13,18,21H,7-8,10-12,14-15H2,1H3/p+1/t18?,21-,30?/m0/s1. The van der Waals surface area contributed by atoms with Crippen molar-refractivity contribution >= 4 is 34.7 Å². The number of nitrogens with one attached hydrogen (secondary N) is 1. The molecule has 9 heteroatoms. The smallest absolute Gasteiger partial charge is 0.414 e. The molecule has 1 atom stereocenters. The van der Waals surface area contributed by atoms with Crippen LogP contribution in [0.25, 0.3) is 0 Å². The van der Waals surface area contributed by atoms with Crippen molar-refractivity contribution in [2.45, 2.75) is 32.3 Å². The van der Waals surface area contributed by atoms with Gasteiger partial charge in [-0.15, -0.1) is 5.26 Å². The minimum atomic E-state index is -0.518. The number of ether oxygens (including phenoxy) is 1. The van der Waals surface area contributed by atoms with Crippen molar-refractivity contribution in [2.24, 2.45) is 5.92 Å². The van der Waals surface area contributed by atoms with E-state index in [1.165, 1.54) is 11.0 Å². The molecule has 3 heterocycles. The highest BCUT2D eigenvalue weighted by atomic mass is 32.1. The van der Waals surface area contributed by atoms with Crippen LogP contribution in [0.5, 0.6) is 0 Å². The Labute approximate surface area is 198 Å². The Balaban J connectivity index is 1.44. The number of aromatic nitrogens is 1. The lowest BCUT2D eigenvalue weighted by Gasteiger charge is -2.36. The monoisotopic (exact) mass is 468 g/mol. The van der Waals surface area contributed by atoms with Gasteiger partial charge in [0.1, 0.15) is 6.10 Å². The van der Waals surface area contributed by atoms with Crippen molar-refractivity contribution in [3.63, 3.8) is 0 Å². The number of likely N-dealkylation sites (tertiary alicyclic amines) is 1. The number of quaternary nitrogens is 1. The number of nitrogens with zero attached hydrogens (tertiary/aromatic N) is 4. The number of thiocarbonyl (C=S) groups is 1. The fourth-order valence-corrected chi connectivity index (χ4v) is 4.67. The van der Waals surface area contributed by atoms with E-state index in [1.54, 1.807) is 25.3 Å². The van der Waals surface area contributed by atoms with Gasteiger partial charge in [-0.05, 0) is 37.5 Å². The molecule has 2 aliphatic rings. The Bertz CT molecular complexity index is 1070. The van der Waals surface area contributed by atoms with E-state index in [0.29, 0.717) is 48.5 Å². The summed E-state index contributed by atoms with van der Waals surface area (Å²) in [4.78, 5) is 18.7. The predicted octanol–water partition coefficient (Wildman–Crippen LogP) is 3.92. The molecule has 2 aromatic rings. The van der Waals surface area contributed by atoms with E-state index >= 15 is 4.39 Å². The van der Waals surface area contributed by atoms with Gasteiger partial charge in [-0.25, -0.2) is 9.18 Å². The summed E-state index contributed by atoms with van der Waals surface area (Å²) in [6, 6.07) is 10.5. The number of benzene rings is 1. The van der Waals surface area contributed by atoms with Gasteiger partial charge in [0, 0.05) is 36.9 Å². The summed E-state index contributed by atoms with van der Waals surface area (Å²) in [6.45, 7) is 3.56. The molecule has 1 amide bonds. The summed E-state index contributed by atoms with van der Waals surface area (Å²) < 4.78 is 20.5. The summed E-state index contributed by atoms with van der Waals surface area (Å²) in [5, 5.41) is 13.0. The minimum Gasteiger partial charge on any atom is -0.442 e. The molecular weight excluding hydrogens is 441 g/mol. The second-order valence-corrected chi connectivity index (χ2v) is 9.29. The molecule has 1 aromatic heterocycles. The minimum absolute atomic E-state index is 0.0598. The molecule has 0 unspecified atom stereocenters. The molecule has 4 rings (SSSR count). The number of halogens is 1. The van der Waals surface area contributed by atoms with Crippen LogP contribution in [0, 0.1) is 23.2 Å². The maximum Gasteiger partial charge on any atom is 0.414 e. The molecule has 0 spiro atoms. The first kappa shape index (κ1) is 23.1. The summed E-state index contributed by atoms with van der Waals surface area (Å²) in [7, 11) is 0. The average molecular weight is 469 g/mol. The molecule has 2 fully saturated rings. The molecule has 1 N–H and O–H groups in total. The number of amides is 1. The molecule has 7 nitrogen and oxygen atoms in total. The van der Waals surface area contributed by atoms with Gasteiger partial charge in [-0.3, -0.25) is 9.88 Å². The average Bonchev–Trinajstić information content (AvgIpc) is 3.19. The van der Waals surface area contributed by atoms with Crippen molar-refractivity contribution in [1.82, 2.24) is 14.8 Å². The SMILES string of the molecule is CC(=S)NC[C@H]1CN(c2ccc([N+]3(C#N)CCC(Cc4ccccn4)CC3)c(F)c2)C(=O)O1. The number of carbonyl (C=O) groups is 1. The van der Waals surface area contributed by atoms with E-state index in [0.717, 1.165) is 25.0 Å². The molecule has 0 radical (unpaired) electrons. The van der Waals surface area contributed by atoms with Crippen LogP contribution in [0.3, 0.4) is 0 Å². The van der Waals surface area contributed by atoms with Crippen LogP contribution in [0.1, 0.15) is 25.5 Å². The van der Waals surface area contributed by atoms with Crippen molar-refractivity contribution in [2.75, 3.05) is 31.1 Å². The number of cyclic esters (lactones) is 1. The third kappa shape index (κ3) is 5.13. The zero-order valence-electron chi connectivity index (χ0n) is 18.5. The van der Waals surface area contributed by atoms with Crippen LogP contribution in [-0.4, -0.2) is 48.3 Å². The highest BCUT2D eigenvalue weighted by molar-refractivity contribution is 7.80. The van der Waals surface area contributed by atoms with Gasteiger partial charge in [0.25, 0.3) is 0 Å². The Morgan fingerprint density at radius 3 is 2.79 bits per heavy atom. The molecule has 0 saturated carbocycles. The summed E-state index contributed by atoms with van der Waals surface area (Å²) in [5.41, 5.74) is 1.81. The Morgan fingerprint density at radius 2 is 2.15 bits per heavy atom. The van der Waals surface area contributed by atoms with Gasteiger partial charge in [0.2, 0.25) is 0 Å². The molecule has 172 valence electrons. The van der Waals surface area contributed by atoms with Crippen LogP contribution in [0.2, 0.25) is 0 Å². The van der Waals surface area contributed by atoms with Gasteiger partial charge >= 0.3 is 12.3 Å².